The van der Waals surface area contributed by atoms with Crippen molar-refractivity contribution in [1.29, 1.82) is 0 Å². The molecule has 0 unspecified atom stereocenters. The number of carbonyl (C=O) groups excluding carboxylic acids is 1. The van der Waals surface area contributed by atoms with Gasteiger partial charge in [0.1, 0.15) is 5.76 Å². The molecule has 1 aromatic carbocycles. The number of fused-ring (bicyclic) bond motifs is 1. The van der Waals surface area contributed by atoms with Crippen molar-refractivity contribution in [1.82, 2.24) is 4.98 Å². The second kappa shape index (κ2) is 5.24. The minimum absolute atomic E-state index is 0.0921. The predicted octanol–water partition coefficient (Wildman–Crippen LogP) is 4.06. The molecule has 0 saturated heterocycles. The molecule has 0 bridgehead atoms. The zero-order valence-corrected chi connectivity index (χ0v) is 12.8. The molecular formula is C15H11IN2O2. The quantitative estimate of drug-likeness (QED) is 0.685. The summed E-state index contributed by atoms with van der Waals surface area (Å²) in [5, 5.41) is 3.73. The summed E-state index contributed by atoms with van der Waals surface area (Å²) in [5.74, 6) is 0.670. The van der Waals surface area contributed by atoms with Gasteiger partial charge in [-0.05, 0) is 40.8 Å². The highest BCUT2D eigenvalue weighted by Gasteiger charge is 2.09. The highest BCUT2D eigenvalue weighted by atomic mass is 127. The Morgan fingerprint density at radius 2 is 2.15 bits per heavy atom. The van der Waals surface area contributed by atoms with E-state index in [0.717, 1.165) is 31.6 Å². The van der Waals surface area contributed by atoms with Crippen LogP contribution in [0, 0.1) is 3.57 Å². The van der Waals surface area contributed by atoms with E-state index in [9.17, 15) is 4.79 Å². The average Bonchev–Trinajstić information content (AvgIpc) is 2.84. The average molecular weight is 378 g/mol. The van der Waals surface area contributed by atoms with Gasteiger partial charge in [0.2, 0.25) is 5.91 Å². The van der Waals surface area contributed by atoms with E-state index in [1.165, 1.54) is 6.92 Å². The predicted molar refractivity (Wildman–Crippen MR) is 86.5 cm³/mol. The van der Waals surface area contributed by atoms with Crippen molar-refractivity contribution in [3.05, 3.63) is 46.3 Å². The van der Waals surface area contributed by atoms with E-state index in [1.807, 2.05) is 30.3 Å². The largest absolute Gasteiger partial charge is 0.455 e. The molecule has 0 aliphatic rings. The second-order valence-corrected chi connectivity index (χ2v) is 5.57. The lowest BCUT2D eigenvalue weighted by Gasteiger charge is -2.03. The van der Waals surface area contributed by atoms with E-state index in [0.29, 0.717) is 0 Å². The Hall–Kier alpha value is -1.89. The van der Waals surface area contributed by atoms with Crippen molar-refractivity contribution in [2.24, 2.45) is 0 Å². The van der Waals surface area contributed by atoms with Gasteiger partial charge in [0.25, 0.3) is 0 Å². The molecule has 0 spiro atoms. The first-order valence-electron chi connectivity index (χ1n) is 6.04. The number of hydrogen-bond acceptors (Lipinski definition) is 3. The van der Waals surface area contributed by atoms with E-state index in [1.54, 1.807) is 12.4 Å². The summed E-state index contributed by atoms with van der Waals surface area (Å²) in [6, 6.07) is 9.52. The van der Waals surface area contributed by atoms with Crippen LogP contribution < -0.4 is 5.32 Å². The molecule has 100 valence electrons. The molecule has 2 heterocycles. The third-order valence-corrected chi connectivity index (χ3v) is 3.62. The number of aromatic nitrogens is 1. The molecule has 3 aromatic rings. The van der Waals surface area contributed by atoms with Crippen molar-refractivity contribution in [2.75, 3.05) is 5.32 Å². The fraction of sp³-hybridized carbons (Fsp3) is 0.0667. The maximum absolute atomic E-state index is 11.1. The number of hydrogen-bond donors (Lipinski definition) is 1. The van der Waals surface area contributed by atoms with Gasteiger partial charge < -0.3 is 9.73 Å². The third kappa shape index (κ3) is 2.53. The smallest absolute Gasteiger partial charge is 0.221 e. The van der Waals surface area contributed by atoms with Gasteiger partial charge in [-0.1, -0.05) is 12.1 Å². The molecule has 1 N–H and O–H groups in total. The number of benzene rings is 1. The first-order valence-corrected chi connectivity index (χ1v) is 7.12. The number of pyridine rings is 1. The van der Waals surface area contributed by atoms with Crippen molar-refractivity contribution < 1.29 is 9.21 Å². The monoisotopic (exact) mass is 378 g/mol. The Morgan fingerprint density at radius 3 is 2.90 bits per heavy atom. The first kappa shape index (κ1) is 13.1. The Labute approximate surface area is 129 Å². The molecule has 0 fully saturated rings. The zero-order valence-electron chi connectivity index (χ0n) is 10.7. The third-order valence-electron chi connectivity index (χ3n) is 2.85. The van der Waals surface area contributed by atoms with Crippen LogP contribution in [0.5, 0.6) is 0 Å². The van der Waals surface area contributed by atoms with Crippen LogP contribution in [0.3, 0.4) is 0 Å². The van der Waals surface area contributed by atoms with Crippen molar-refractivity contribution in [3.8, 4) is 11.3 Å². The molecule has 20 heavy (non-hydrogen) atoms. The fourth-order valence-electron chi connectivity index (χ4n) is 2.03. The number of carbonyl (C=O) groups is 1. The number of nitrogens with one attached hydrogen (secondary N) is 1. The van der Waals surface area contributed by atoms with Gasteiger partial charge in [0, 0.05) is 36.0 Å². The van der Waals surface area contributed by atoms with Gasteiger partial charge in [-0.15, -0.1) is 0 Å². The van der Waals surface area contributed by atoms with E-state index in [4.69, 9.17) is 4.42 Å². The van der Waals surface area contributed by atoms with Crippen molar-refractivity contribution >= 4 is 45.2 Å². The van der Waals surface area contributed by atoms with Gasteiger partial charge in [-0.25, -0.2) is 0 Å². The molecule has 5 heteroatoms. The van der Waals surface area contributed by atoms with Crippen LogP contribution in [0.2, 0.25) is 0 Å². The summed E-state index contributed by atoms with van der Waals surface area (Å²) in [6.07, 6.45) is 3.55. The first-order chi connectivity index (χ1) is 9.63. The summed E-state index contributed by atoms with van der Waals surface area (Å²) in [5.41, 5.74) is 2.51. The van der Waals surface area contributed by atoms with E-state index in [2.05, 4.69) is 32.9 Å². The van der Waals surface area contributed by atoms with E-state index in [-0.39, 0.29) is 5.91 Å². The lowest BCUT2D eigenvalue weighted by atomic mass is 10.1. The summed E-state index contributed by atoms with van der Waals surface area (Å²) in [4.78, 5) is 15.3. The summed E-state index contributed by atoms with van der Waals surface area (Å²) in [7, 11) is 0. The van der Waals surface area contributed by atoms with Crippen LogP contribution in [0.15, 0.2) is 47.1 Å². The van der Waals surface area contributed by atoms with Crippen molar-refractivity contribution in [2.45, 2.75) is 6.92 Å². The molecule has 1 amide bonds. The van der Waals surface area contributed by atoms with E-state index >= 15 is 0 Å². The van der Waals surface area contributed by atoms with Crippen LogP contribution in [0.25, 0.3) is 22.3 Å². The molecular weight excluding hydrogens is 367 g/mol. The molecule has 0 radical (unpaired) electrons. The topological polar surface area (TPSA) is 55.1 Å². The van der Waals surface area contributed by atoms with Crippen LogP contribution in [0.1, 0.15) is 6.92 Å². The second-order valence-electron chi connectivity index (χ2n) is 4.41. The number of amides is 1. The Balaban J connectivity index is 2.06. The Morgan fingerprint density at radius 1 is 1.30 bits per heavy atom. The number of nitrogens with zero attached hydrogens (tertiary/aromatic N) is 1. The molecule has 4 nitrogen and oxygen atoms in total. The molecule has 0 atom stereocenters. The normalized spacial score (nSPS) is 10.7. The van der Waals surface area contributed by atoms with E-state index < -0.39 is 0 Å². The molecule has 0 aliphatic carbocycles. The lowest BCUT2D eigenvalue weighted by molar-refractivity contribution is -0.114. The van der Waals surface area contributed by atoms with Gasteiger partial charge in [0.05, 0.1) is 3.57 Å². The van der Waals surface area contributed by atoms with Crippen LogP contribution in [-0.2, 0) is 4.79 Å². The van der Waals surface area contributed by atoms with Crippen LogP contribution in [-0.4, -0.2) is 10.9 Å². The Kier molecular flexibility index (Phi) is 3.43. The van der Waals surface area contributed by atoms with Crippen LogP contribution >= 0.6 is 22.6 Å². The highest BCUT2D eigenvalue weighted by Crippen LogP contribution is 2.30. The molecule has 0 aliphatic heterocycles. The summed E-state index contributed by atoms with van der Waals surface area (Å²) < 4.78 is 6.86. The van der Waals surface area contributed by atoms with Gasteiger partial charge in [-0.3, -0.25) is 9.78 Å². The SMILES string of the molecule is CC(=O)Nc1cccc(-c2cc3cncc(I)c3o2)c1. The zero-order chi connectivity index (χ0) is 14.1. The van der Waals surface area contributed by atoms with Crippen LogP contribution in [0.4, 0.5) is 5.69 Å². The molecule has 2 aromatic heterocycles. The summed E-state index contributed by atoms with van der Waals surface area (Å²) in [6.45, 7) is 1.49. The Bertz CT molecular complexity index is 795. The number of furan rings is 1. The number of rotatable bonds is 2. The maximum Gasteiger partial charge on any atom is 0.221 e. The highest BCUT2D eigenvalue weighted by molar-refractivity contribution is 14.1. The van der Waals surface area contributed by atoms with Gasteiger partial charge >= 0.3 is 0 Å². The van der Waals surface area contributed by atoms with Gasteiger partial charge in [0.15, 0.2) is 5.58 Å². The standard InChI is InChI=1S/C15H11IN2O2/c1-9(19)18-12-4-2-3-10(5-12)14-6-11-7-17-8-13(16)15(11)20-14/h2-8H,1H3,(H,18,19). The minimum Gasteiger partial charge on any atom is -0.455 e. The van der Waals surface area contributed by atoms with Gasteiger partial charge in [-0.2, -0.15) is 0 Å². The fourth-order valence-corrected chi connectivity index (χ4v) is 2.61. The molecule has 3 rings (SSSR count). The lowest BCUT2D eigenvalue weighted by Crippen LogP contribution is -2.05. The number of anilines is 1. The molecule has 0 saturated carbocycles. The minimum atomic E-state index is -0.0921. The number of halogens is 1. The summed E-state index contributed by atoms with van der Waals surface area (Å²) >= 11 is 2.20. The van der Waals surface area contributed by atoms with Crippen molar-refractivity contribution in [3.63, 3.8) is 0 Å². The maximum atomic E-state index is 11.1.